The lowest BCUT2D eigenvalue weighted by molar-refractivity contribution is -0.138. The number of carboxylic acid groups (broad SMARTS) is 1. The van der Waals surface area contributed by atoms with Crippen LogP contribution in [0.2, 0.25) is 0 Å². The average Bonchev–Trinajstić information content (AvgIpc) is 3.13. The molecule has 1 aromatic heterocycles. The summed E-state index contributed by atoms with van der Waals surface area (Å²) in [6.07, 6.45) is 5.14. The van der Waals surface area contributed by atoms with E-state index in [0.717, 1.165) is 42.1 Å². The topological polar surface area (TPSA) is 75.4 Å². The molecular formula is C23H33N3O3S. The van der Waals surface area contributed by atoms with Crippen LogP contribution in [0, 0.1) is 0 Å². The highest BCUT2D eigenvalue weighted by Gasteiger charge is 2.28. The van der Waals surface area contributed by atoms with Crippen LogP contribution in [-0.4, -0.2) is 49.3 Å². The molecule has 0 bridgehead atoms. The SMILES string of the molecule is CCCCCn1cc(C(=O)N(CC)CC)nc1-c1ccc(SC(C)(C)C(=O)O)cc1. The van der Waals surface area contributed by atoms with E-state index >= 15 is 0 Å². The van der Waals surface area contributed by atoms with Crippen molar-refractivity contribution < 1.29 is 14.7 Å². The van der Waals surface area contributed by atoms with Crippen molar-refractivity contribution in [3.63, 3.8) is 0 Å². The molecule has 0 atom stereocenters. The van der Waals surface area contributed by atoms with Crippen LogP contribution in [0.25, 0.3) is 11.4 Å². The molecule has 1 aromatic carbocycles. The Kier molecular flexibility index (Phi) is 8.53. The van der Waals surface area contributed by atoms with Gasteiger partial charge < -0.3 is 14.6 Å². The maximum Gasteiger partial charge on any atom is 0.319 e. The summed E-state index contributed by atoms with van der Waals surface area (Å²) in [7, 11) is 0. The van der Waals surface area contributed by atoms with Gasteiger partial charge in [0.15, 0.2) is 0 Å². The van der Waals surface area contributed by atoms with Gasteiger partial charge in [0.25, 0.3) is 5.91 Å². The molecule has 0 fully saturated rings. The third kappa shape index (κ3) is 5.88. The number of unbranched alkanes of at least 4 members (excludes halogenated alkanes) is 2. The first-order valence-electron chi connectivity index (χ1n) is 10.6. The maximum absolute atomic E-state index is 12.8. The number of benzene rings is 1. The van der Waals surface area contributed by atoms with Gasteiger partial charge in [-0.15, -0.1) is 11.8 Å². The van der Waals surface area contributed by atoms with Gasteiger partial charge >= 0.3 is 5.97 Å². The van der Waals surface area contributed by atoms with E-state index in [2.05, 4.69) is 16.5 Å². The Morgan fingerprint density at radius 1 is 1.10 bits per heavy atom. The van der Waals surface area contributed by atoms with Gasteiger partial charge in [-0.3, -0.25) is 9.59 Å². The number of nitrogens with zero attached hydrogens (tertiary/aromatic N) is 3. The molecule has 30 heavy (non-hydrogen) atoms. The Bertz CT molecular complexity index is 855. The fourth-order valence-electron chi connectivity index (χ4n) is 3.14. The lowest BCUT2D eigenvalue weighted by Gasteiger charge is -2.18. The first-order chi connectivity index (χ1) is 14.2. The van der Waals surface area contributed by atoms with Crippen LogP contribution in [0.15, 0.2) is 35.4 Å². The number of hydrogen-bond acceptors (Lipinski definition) is 4. The summed E-state index contributed by atoms with van der Waals surface area (Å²) >= 11 is 1.31. The third-order valence-corrected chi connectivity index (χ3v) is 6.24. The van der Waals surface area contributed by atoms with E-state index in [4.69, 9.17) is 0 Å². The zero-order chi connectivity index (χ0) is 22.3. The number of hydrogen-bond donors (Lipinski definition) is 1. The monoisotopic (exact) mass is 431 g/mol. The van der Waals surface area contributed by atoms with Crippen molar-refractivity contribution in [3.05, 3.63) is 36.2 Å². The first-order valence-corrected chi connectivity index (χ1v) is 11.4. The van der Waals surface area contributed by atoms with Gasteiger partial charge in [-0.1, -0.05) is 31.9 Å². The minimum atomic E-state index is -0.899. The minimum Gasteiger partial charge on any atom is -0.480 e. The highest BCUT2D eigenvalue weighted by Crippen LogP contribution is 2.34. The summed E-state index contributed by atoms with van der Waals surface area (Å²) in [4.78, 5) is 31.5. The van der Waals surface area contributed by atoms with Gasteiger partial charge in [-0.25, -0.2) is 4.98 Å². The molecule has 164 valence electrons. The molecule has 0 saturated heterocycles. The maximum atomic E-state index is 12.8. The molecule has 7 heteroatoms. The number of carbonyl (C=O) groups excluding carboxylic acids is 1. The highest BCUT2D eigenvalue weighted by atomic mass is 32.2. The van der Waals surface area contributed by atoms with Gasteiger partial charge in [0.2, 0.25) is 0 Å². The fourth-order valence-corrected chi connectivity index (χ4v) is 4.08. The largest absolute Gasteiger partial charge is 0.480 e. The molecule has 0 spiro atoms. The molecule has 0 aliphatic carbocycles. The van der Waals surface area contributed by atoms with E-state index in [1.54, 1.807) is 18.7 Å². The van der Waals surface area contributed by atoms with Crippen molar-refractivity contribution >= 4 is 23.6 Å². The van der Waals surface area contributed by atoms with E-state index in [1.807, 2.05) is 44.3 Å². The molecule has 0 unspecified atom stereocenters. The summed E-state index contributed by atoms with van der Waals surface area (Å²) < 4.78 is 1.17. The average molecular weight is 432 g/mol. The molecule has 2 aromatic rings. The van der Waals surface area contributed by atoms with Crippen LogP contribution in [0.4, 0.5) is 0 Å². The first kappa shape index (κ1) is 24.0. The number of aliphatic carboxylic acids is 1. The second-order valence-corrected chi connectivity index (χ2v) is 9.47. The molecule has 0 aliphatic heterocycles. The summed E-state index contributed by atoms with van der Waals surface area (Å²) in [5.74, 6) is -0.121. The molecule has 1 amide bonds. The van der Waals surface area contributed by atoms with Crippen LogP contribution in [0.1, 0.15) is 64.4 Å². The minimum absolute atomic E-state index is 0.0501. The second-order valence-electron chi connectivity index (χ2n) is 7.77. The number of imidazole rings is 1. The number of rotatable bonds is 11. The molecule has 6 nitrogen and oxygen atoms in total. The smallest absolute Gasteiger partial charge is 0.319 e. The van der Waals surface area contributed by atoms with E-state index < -0.39 is 10.7 Å². The number of carboxylic acids is 1. The van der Waals surface area contributed by atoms with Crippen molar-refractivity contribution in [1.29, 1.82) is 0 Å². The van der Waals surface area contributed by atoms with Gasteiger partial charge in [0.1, 0.15) is 16.3 Å². The van der Waals surface area contributed by atoms with Crippen LogP contribution < -0.4 is 0 Å². The lowest BCUT2D eigenvalue weighted by Crippen LogP contribution is -2.30. The second kappa shape index (κ2) is 10.7. The molecule has 0 aliphatic rings. The molecule has 2 rings (SSSR count). The van der Waals surface area contributed by atoms with Gasteiger partial charge in [-0.2, -0.15) is 0 Å². The number of aryl methyl sites for hydroxylation is 1. The third-order valence-electron chi connectivity index (χ3n) is 5.05. The van der Waals surface area contributed by atoms with Crippen molar-refractivity contribution in [3.8, 4) is 11.4 Å². The van der Waals surface area contributed by atoms with E-state index in [1.165, 1.54) is 11.8 Å². The predicted octanol–water partition coefficient (Wildman–Crippen LogP) is 5.18. The fraction of sp³-hybridized carbons (Fsp3) is 0.522. The molecule has 0 saturated carbocycles. The quantitative estimate of drug-likeness (QED) is 0.392. The Morgan fingerprint density at radius 2 is 1.73 bits per heavy atom. The molecule has 0 radical (unpaired) electrons. The van der Waals surface area contributed by atoms with Gasteiger partial charge in [0, 0.05) is 36.3 Å². The van der Waals surface area contributed by atoms with E-state index in [0.29, 0.717) is 18.8 Å². The lowest BCUT2D eigenvalue weighted by atomic mass is 10.2. The predicted molar refractivity (Wildman–Crippen MR) is 122 cm³/mol. The van der Waals surface area contributed by atoms with Crippen LogP contribution in [0.5, 0.6) is 0 Å². The number of carbonyl (C=O) groups is 2. The molecule has 1 heterocycles. The molecular weight excluding hydrogens is 398 g/mol. The standard InChI is InChI=1S/C23H33N3O3S/c1-6-9-10-15-26-16-19(21(27)25(7-2)8-3)24-20(26)17-11-13-18(14-12-17)30-23(4,5)22(28)29/h11-14,16H,6-10,15H2,1-5H3,(H,28,29). The zero-order valence-electron chi connectivity index (χ0n) is 18.6. The number of thioether (sulfide) groups is 1. The summed E-state index contributed by atoms with van der Waals surface area (Å²) in [5.41, 5.74) is 1.39. The van der Waals surface area contributed by atoms with Crippen LogP contribution in [0.3, 0.4) is 0 Å². The van der Waals surface area contributed by atoms with Crippen LogP contribution in [-0.2, 0) is 11.3 Å². The van der Waals surface area contributed by atoms with Crippen LogP contribution >= 0.6 is 11.8 Å². The van der Waals surface area contributed by atoms with Crippen molar-refractivity contribution in [2.24, 2.45) is 0 Å². The normalized spacial score (nSPS) is 11.5. The summed E-state index contributed by atoms with van der Waals surface area (Å²) in [6, 6.07) is 7.73. The van der Waals surface area contributed by atoms with Crippen molar-refractivity contribution in [2.45, 2.75) is 70.1 Å². The Balaban J connectivity index is 2.33. The summed E-state index contributed by atoms with van der Waals surface area (Å²) in [5, 5.41) is 9.34. The van der Waals surface area contributed by atoms with Crippen molar-refractivity contribution in [2.75, 3.05) is 13.1 Å². The highest BCUT2D eigenvalue weighted by molar-refractivity contribution is 8.01. The van der Waals surface area contributed by atoms with Gasteiger partial charge in [0.05, 0.1) is 0 Å². The van der Waals surface area contributed by atoms with E-state index in [-0.39, 0.29) is 5.91 Å². The number of aromatic nitrogens is 2. The summed E-state index contributed by atoms with van der Waals surface area (Å²) in [6.45, 7) is 11.6. The Morgan fingerprint density at radius 3 is 2.27 bits per heavy atom. The van der Waals surface area contributed by atoms with Crippen molar-refractivity contribution in [1.82, 2.24) is 14.5 Å². The Hall–Kier alpha value is -2.28. The number of amides is 1. The zero-order valence-corrected chi connectivity index (χ0v) is 19.5. The van der Waals surface area contributed by atoms with E-state index in [9.17, 15) is 14.7 Å². The van der Waals surface area contributed by atoms with Gasteiger partial charge in [-0.05, 0) is 46.2 Å². The Labute approximate surface area is 183 Å². The molecule has 1 N–H and O–H groups in total.